The highest BCUT2D eigenvalue weighted by Gasteiger charge is 2.23. The van der Waals surface area contributed by atoms with Crippen LogP contribution in [0.15, 0.2) is 42.7 Å². The second-order valence-corrected chi connectivity index (χ2v) is 6.29. The summed E-state index contributed by atoms with van der Waals surface area (Å²) in [5.41, 5.74) is 1.23. The van der Waals surface area contributed by atoms with Crippen LogP contribution in [-0.4, -0.2) is 53.3 Å². The first-order valence-electron chi connectivity index (χ1n) is 8.73. The van der Waals surface area contributed by atoms with E-state index in [1.54, 1.807) is 6.20 Å². The molecule has 2 aromatic rings. The zero-order valence-corrected chi connectivity index (χ0v) is 14.6. The summed E-state index contributed by atoms with van der Waals surface area (Å²) in [6.07, 6.45) is 4.82. The van der Waals surface area contributed by atoms with Crippen molar-refractivity contribution in [1.29, 1.82) is 0 Å². The van der Waals surface area contributed by atoms with Crippen molar-refractivity contribution in [2.75, 3.05) is 32.8 Å². The van der Waals surface area contributed by atoms with E-state index in [1.165, 1.54) is 5.56 Å². The van der Waals surface area contributed by atoms with Gasteiger partial charge in [-0.2, -0.15) is 0 Å². The topological polar surface area (TPSA) is 56.6 Å². The van der Waals surface area contributed by atoms with Crippen LogP contribution in [0.4, 0.5) is 0 Å². The molecule has 0 aliphatic carbocycles. The molecule has 1 aromatic heterocycles. The predicted octanol–water partition coefficient (Wildman–Crippen LogP) is 1.97. The van der Waals surface area contributed by atoms with Crippen LogP contribution in [0, 0.1) is 0 Å². The fourth-order valence-electron chi connectivity index (χ4n) is 3.01. The molecule has 1 aromatic carbocycles. The fraction of sp³-hybridized carbons (Fsp3) is 0.474. The van der Waals surface area contributed by atoms with E-state index < -0.39 is 0 Å². The van der Waals surface area contributed by atoms with Gasteiger partial charge in [-0.3, -0.25) is 9.69 Å². The molecule has 1 fully saturated rings. The number of carbonyl (C=O) groups excluding carboxylic acids is 1. The molecule has 134 valence electrons. The zero-order chi connectivity index (χ0) is 17.5. The number of ether oxygens (including phenoxy) is 2. The Bertz CT molecular complexity index is 666. The van der Waals surface area contributed by atoms with Crippen molar-refractivity contribution in [3.63, 3.8) is 0 Å². The minimum Gasteiger partial charge on any atom is -0.453 e. The average Bonchev–Trinajstić information content (AvgIpc) is 3.06. The van der Waals surface area contributed by atoms with Crippen molar-refractivity contribution in [3.8, 4) is 0 Å². The summed E-state index contributed by atoms with van der Waals surface area (Å²) in [5.74, 6) is 0.578. The summed E-state index contributed by atoms with van der Waals surface area (Å²) >= 11 is 0. The van der Waals surface area contributed by atoms with E-state index in [0.717, 1.165) is 25.3 Å². The number of esters is 1. The Morgan fingerprint density at radius 3 is 2.72 bits per heavy atom. The van der Waals surface area contributed by atoms with E-state index in [4.69, 9.17) is 9.47 Å². The van der Waals surface area contributed by atoms with Crippen LogP contribution in [0.3, 0.4) is 0 Å². The van der Waals surface area contributed by atoms with Crippen LogP contribution in [0.1, 0.15) is 23.9 Å². The Hall–Kier alpha value is -2.18. The zero-order valence-electron chi connectivity index (χ0n) is 14.6. The second-order valence-electron chi connectivity index (χ2n) is 6.29. The highest BCUT2D eigenvalue weighted by Crippen LogP contribution is 2.22. The summed E-state index contributed by atoms with van der Waals surface area (Å²) in [6.45, 7) is 3.18. The highest BCUT2D eigenvalue weighted by molar-refractivity contribution is 5.72. The maximum Gasteiger partial charge on any atom is 0.320 e. The van der Waals surface area contributed by atoms with E-state index >= 15 is 0 Å². The molecule has 2 heterocycles. The van der Waals surface area contributed by atoms with Gasteiger partial charge in [0.05, 0.1) is 19.8 Å². The number of nitrogens with zero attached hydrogens (tertiary/aromatic N) is 3. The molecule has 1 atom stereocenters. The quantitative estimate of drug-likeness (QED) is 0.720. The second kappa shape index (κ2) is 8.78. The van der Waals surface area contributed by atoms with Gasteiger partial charge in [-0.15, -0.1) is 0 Å². The molecule has 1 saturated heterocycles. The molecule has 0 spiro atoms. The normalized spacial score (nSPS) is 16.5. The van der Waals surface area contributed by atoms with Crippen LogP contribution < -0.4 is 0 Å². The van der Waals surface area contributed by atoms with E-state index in [9.17, 15) is 4.79 Å². The molecule has 1 aliphatic rings. The van der Waals surface area contributed by atoms with E-state index in [1.807, 2.05) is 36.0 Å². The third-order valence-electron chi connectivity index (χ3n) is 4.41. The van der Waals surface area contributed by atoms with E-state index in [-0.39, 0.29) is 12.1 Å². The van der Waals surface area contributed by atoms with Gasteiger partial charge in [0.2, 0.25) is 0 Å². The van der Waals surface area contributed by atoms with Gasteiger partial charge >= 0.3 is 5.97 Å². The van der Waals surface area contributed by atoms with Crippen molar-refractivity contribution in [2.45, 2.75) is 18.9 Å². The van der Waals surface area contributed by atoms with Gasteiger partial charge in [0.25, 0.3) is 0 Å². The highest BCUT2D eigenvalue weighted by atomic mass is 16.5. The van der Waals surface area contributed by atoms with Crippen LogP contribution >= 0.6 is 0 Å². The monoisotopic (exact) mass is 343 g/mol. The van der Waals surface area contributed by atoms with Gasteiger partial charge < -0.3 is 14.0 Å². The Kier molecular flexibility index (Phi) is 6.19. The lowest BCUT2D eigenvalue weighted by Gasteiger charge is -2.26. The number of benzene rings is 1. The van der Waals surface area contributed by atoms with Crippen molar-refractivity contribution in [3.05, 3.63) is 54.1 Å². The maximum absolute atomic E-state index is 12.4. The van der Waals surface area contributed by atoms with Gasteiger partial charge in [0.1, 0.15) is 5.82 Å². The summed E-state index contributed by atoms with van der Waals surface area (Å²) in [6, 6.07) is 10.2. The number of imidazole rings is 1. The molecular weight excluding hydrogens is 318 g/mol. The van der Waals surface area contributed by atoms with Crippen LogP contribution in [0.25, 0.3) is 0 Å². The molecular formula is C19H25N3O3. The third kappa shape index (κ3) is 5.14. The number of hydrogen-bond donors (Lipinski definition) is 0. The van der Waals surface area contributed by atoms with Crippen LogP contribution in [0.2, 0.25) is 0 Å². The summed E-state index contributed by atoms with van der Waals surface area (Å²) in [5, 5.41) is 0. The molecule has 0 radical (unpaired) electrons. The standard InChI is InChI=1S/C19H25N3O3/c1-21-10-9-20-19(21)17(8-7-16-5-3-2-4-6-16)25-18(23)15-22-11-13-24-14-12-22/h2-6,9-10,17H,7-8,11-15H2,1H3/t17-/m1/s1. The van der Waals surface area contributed by atoms with Crippen molar-refractivity contribution in [2.24, 2.45) is 7.05 Å². The summed E-state index contributed by atoms with van der Waals surface area (Å²) in [7, 11) is 1.92. The minimum absolute atomic E-state index is 0.206. The first kappa shape index (κ1) is 17.6. The number of aryl methyl sites for hydroxylation is 2. The van der Waals surface area contributed by atoms with E-state index in [0.29, 0.717) is 26.2 Å². The Morgan fingerprint density at radius 2 is 2.04 bits per heavy atom. The van der Waals surface area contributed by atoms with Gasteiger partial charge in [-0.05, 0) is 18.4 Å². The molecule has 6 heteroatoms. The van der Waals surface area contributed by atoms with Gasteiger partial charge in [-0.1, -0.05) is 30.3 Å². The lowest BCUT2D eigenvalue weighted by Crippen LogP contribution is -2.40. The Balaban J connectivity index is 1.61. The molecule has 0 saturated carbocycles. The molecule has 0 N–H and O–H groups in total. The number of hydrogen-bond acceptors (Lipinski definition) is 5. The number of morpholine rings is 1. The van der Waals surface area contributed by atoms with Crippen molar-refractivity contribution >= 4 is 5.97 Å². The molecule has 0 unspecified atom stereocenters. The van der Waals surface area contributed by atoms with Crippen LogP contribution in [0.5, 0.6) is 0 Å². The molecule has 1 aliphatic heterocycles. The number of rotatable bonds is 7. The summed E-state index contributed by atoms with van der Waals surface area (Å²) in [4.78, 5) is 18.8. The SMILES string of the molecule is Cn1ccnc1[C@@H](CCc1ccccc1)OC(=O)CN1CCOCC1. The van der Waals surface area contributed by atoms with Gasteiger partial charge in [0.15, 0.2) is 6.10 Å². The Morgan fingerprint density at radius 1 is 1.28 bits per heavy atom. The molecule has 25 heavy (non-hydrogen) atoms. The van der Waals surface area contributed by atoms with Gasteiger partial charge in [-0.25, -0.2) is 4.98 Å². The molecule has 3 rings (SSSR count). The largest absolute Gasteiger partial charge is 0.453 e. The lowest BCUT2D eigenvalue weighted by atomic mass is 10.1. The smallest absolute Gasteiger partial charge is 0.320 e. The predicted molar refractivity (Wildman–Crippen MR) is 94.1 cm³/mol. The van der Waals surface area contributed by atoms with Crippen molar-refractivity contribution in [1.82, 2.24) is 14.5 Å². The summed E-state index contributed by atoms with van der Waals surface area (Å²) < 4.78 is 13.0. The fourth-order valence-corrected chi connectivity index (χ4v) is 3.01. The molecule has 0 bridgehead atoms. The lowest BCUT2D eigenvalue weighted by molar-refractivity contribution is -0.152. The molecule has 0 amide bonds. The van der Waals surface area contributed by atoms with E-state index in [2.05, 4.69) is 22.0 Å². The number of aromatic nitrogens is 2. The minimum atomic E-state index is -0.339. The maximum atomic E-state index is 12.4. The third-order valence-corrected chi connectivity index (χ3v) is 4.41. The van der Waals surface area contributed by atoms with Gasteiger partial charge in [0, 0.05) is 32.5 Å². The van der Waals surface area contributed by atoms with Crippen molar-refractivity contribution < 1.29 is 14.3 Å². The average molecular weight is 343 g/mol. The first-order chi connectivity index (χ1) is 12.2. The van der Waals surface area contributed by atoms with Crippen LogP contribution in [-0.2, 0) is 27.7 Å². The Labute approximate surface area is 148 Å². The number of carbonyl (C=O) groups is 1. The molecule has 6 nitrogen and oxygen atoms in total. The first-order valence-corrected chi connectivity index (χ1v) is 8.73.